The first-order valence-electron chi connectivity index (χ1n) is 11.4. The van der Waals surface area contributed by atoms with Crippen LogP contribution >= 0.6 is 0 Å². The van der Waals surface area contributed by atoms with Gasteiger partial charge in [-0.2, -0.15) is 0 Å². The van der Waals surface area contributed by atoms with Gasteiger partial charge in [-0.05, 0) is 69.4 Å². The fourth-order valence-corrected chi connectivity index (χ4v) is 4.13. The number of carbonyl (C=O) groups is 2. The molecule has 0 spiro atoms. The van der Waals surface area contributed by atoms with E-state index < -0.39 is 0 Å². The summed E-state index contributed by atoms with van der Waals surface area (Å²) in [6, 6.07) is 12.0. The van der Waals surface area contributed by atoms with Gasteiger partial charge in [0, 0.05) is 47.9 Å². The molecule has 0 aliphatic carbocycles. The van der Waals surface area contributed by atoms with Crippen molar-refractivity contribution in [3.05, 3.63) is 71.7 Å². The molecule has 0 bridgehead atoms. The molecule has 0 saturated carbocycles. The zero-order chi connectivity index (χ0) is 24.1. The van der Waals surface area contributed by atoms with Crippen LogP contribution in [0.2, 0.25) is 0 Å². The zero-order valence-corrected chi connectivity index (χ0v) is 19.8. The van der Waals surface area contributed by atoms with Gasteiger partial charge < -0.3 is 20.9 Å². The van der Waals surface area contributed by atoms with Crippen molar-refractivity contribution < 1.29 is 9.59 Å². The Balaban J connectivity index is 1.46. The van der Waals surface area contributed by atoms with Gasteiger partial charge >= 0.3 is 0 Å². The van der Waals surface area contributed by atoms with E-state index in [0.717, 1.165) is 41.8 Å². The predicted octanol–water partition coefficient (Wildman–Crippen LogP) is 3.06. The molecule has 1 aliphatic heterocycles. The lowest BCUT2D eigenvalue weighted by molar-refractivity contribution is -0.117. The summed E-state index contributed by atoms with van der Waals surface area (Å²) < 4.78 is 0. The van der Waals surface area contributed by atoms with Crippen LogP contribution in [0, 0.1) is 6.92 Å². The number of hydrogen-bond acceptors (Lipinski definition) is 6. The van der Waals surface area contributed by atoms with E-state index in [1.54, 1.807) is 12.4 Å². The maximum Gasteiger partial charge on any atom is 0.248 e. The molecule has 3 N–H and O–H groups in total. The van der Waals surface area contributed by atoms with Gasteiger partial charge in [0.1, 0.15) is 6.33 Å². The largest absolute Gasteiger partial charge is 0.384 e. The molecule has 2 aromatic carbocycles. The van der Waals surface area contributed by atoms with Crippen LogP contribution in [0.3, 0.4) is 0 Å². The Bertz CT molecular complexity index is 1240. The highest BCUT2D eigenvalue weighted by atomic mass is 16.2. The number of aryl methyl sites for hydroxylation is 1. The average molecular weight is 459 g/mol. The van der Waals surface area contributed by atoms with Crippen LogP contribution < -0.4 is 16.0 Å². The lowest BCUT2D eigenvalue weighted by atomic mass is 9.94. The minimum absolute atomic E-state index is 0.100. The van der Waals surface area contributed by atoms with E-state index >= 15 is 0 Å². The molecule has 1 unspecified atom stereocenters. The summed E-state index contributed by atoms with van der Waals surface area (Å²) in [4.78, 5) is 35.4. The number of anilines is 2. The number of carbonyl (C=O) groups excluding carboxylic acids is 2. The quantitative estimate of drug-likeness (QED) is 0.354. The summed E-state index contributed by atoms with van der Waals surface area (Å²) in [7, 11) is 3.97. The number of rotatable bonds is 8. The molecule has 8 heteroatoms. The molecule has 1 atom stereocenters. The highest BCUT2D eigenvalue weighted by Crippen LogP contribution is 2.38. The third-order valence-electron chi connectivity index (χ3n) is 5.81. The fraction of sp³-hybridized carbons (Fsp3) is 0.308. The Labute approximate surface area is 199 Å². The Morgan fingerprint density at radius 3 is 2.76 bits per heavy atom. The van der Waals surface area contributed by atoms with Gasteiger partial charge in [-0.3, -0.25) is 9.59 Å². The van der Waals surface area contributed by atoms with Crippen molar-refractivity contribution >= 4 is 34.1 Å². The maximum atomic E-state index is 12.4. The van der Waals surface area contributed by atoms with Gasteiger partial charge in [-0.25, -0.2) is 9.97 Å². The molecule has 0 saturated heterocycles. The van der Waals surface area contributed by atoms with Crippen molar-refractivity contribution in [3.8, 4) is 0 Å². The number of nitrogens with one attached hydrogen (secondary N) is 3. The number of fused-ring (bicyclic) bond motifs is 2. The highest BCUT2D eigenvalue weighted by molar-refractivity contribution is 6.04. The van der Waals surface area contributed by atoms with Crippen LogP contribution in [-0.2, 0) is 9.59 Å². The first-order valence-corrected chi connectivity index (χ1v) is 11.4. The van der Waals surface area contributed by atoms with Gasteiger partial charge in [0.2, 0.25) is 11.8 Å². The first-order chi connectivity index (χ1) is 16.4. The van der Waals surface area contributed by atoms with Gasteiger partial charge in [-0.15, -0.1) is 0 Å². The number of amides is 2. The molecule has 8 nitrogen and oxygen atoms in total. The van der Waals surface area contributed by atoms with Crippen molar-refractivity contribution in [1.82, 2.24) is 20.2 Å². The zero-order valence-electron chi connectivity index (χ0n) is 19.8. The summed E-state index contributed by atoms with van der Waals surface area (Å²) in [6.07, 6.45) is 4.93. The van der Waals surface area contributed by atoms with Crippen LogP contribution in [0.5, 0.6) is 0 Å². The van der Waals surface area contributed by atoms with E-state index in [0.29, 0.717) is 12.2 Å². The minimum Gasteiger partial charge on any atom is -0.384 e. The summed E-state index contributed by atoms with van der Waals surface area (Å²) in [5.41, 5.74) is 5.91. The number of nitrogens with zero attached hydrogens (tertiary/aromatic N) is 3. The predicted molar refractivity (Wildman–Crippen MR) is 135 cm³/mol. The summed E-state index contributed by atoms with van der Waals surface area (Å²) in [5.74, 6) is -0.557. The van der Waals surface area contributed by atoms with Crippen molar-refractivity contribution in [2.24, 2.45) is 0 Å². The molecule has 176 valence electrons. The monoisotopic (exact) mass is 458 g/mol. The van der Waals surface area contributed by atoms with Crippen LogP contribution in [0.4, 0.5) is 11.4 Å². The van der Waals surface area contributed by atoms with Crippen LogP contribution in [-0.4, -0.2) is 60.4 Å². The van der Waals surface area contributed by atoms with Gasteiger partial charge in [0.15, 0.2) is 0 Å². The third-order valence-corrected chi connectivity index (χ3v) is 5.81. The SMILES string of the molecule is Cc1ccc2c(c1)NCC2c1ncnc2ccc(NC(=O)C=CC(=O)NCCCN(C)C)cc12. The maximum absolute atomic E-state index is 12.4. The topological polar surface area (TPSA) is 99.2 Å². The molecular formula is C26H30N6O2. The molecule has 0 radical (unpaired) electrons. The smallest absolute Gasteiger partial charge is 0.248 e. The molecular weight excluding hydrogens is 428 g/mol. The number of aromatic nitrogens is 2. The number of hydrogen-bond donors (Lipinski definition) is 3. The second-order valence-corrected chi connectivity index (χ2v) is 8.79. The standard InChI is InChI=1S/C26H30N6O2/c1-17-5-7-19-21(15-28-23(19)13-17)26-20-14-18(6-8-22(20)29-16-30-26)31-25(34)10-9-24(33)27-11-4-12-32(2)3/h5-10,13-14,16,21,28H,4,11-12,15H2,1-3H3,(H,27,33)(H,31,34). The van der Waals surface area contributed by atoms with E-state index in [1.807, 2.05) is 26.2 Å². The van der Waals surface area contributed by atoms with Crippen molar-refractivity contribution in [2.75, 3.05) is 44.4 Å². The van der Waals surface area contributed by atoms with E-state index in [-0.39, 0.29) is 17.7 Å². The lowest BCUT2D eigenvalue weighted by Crippen LogP contribution is -2.25. The molecule has 34 heavy (non-hydrogen) atoms. The Morgan fingerprint density at radius 1 is 1.12 bits per heavy atom. The minimum atomic E-state index is -0.371. The first kappa shape index (κ1) is 23.4. The van der Waals surface area contributed by atoms with E-state index in [1.165, 1.54) is 23.3 Å². The molecule has 0 fully saturated rings. The lowest BCUT2D eigenvalue weighted by Gasteiger charge is -2.13. The van der Waals surface area contributed by atoms with Crippen molar-refractivity contribution in [3.63, 3.8) is 0 Å². The molecule has 1 aliphatic rings. The van der Waals surface area contributed by atoms with E-state index in [9.17, 15) is 9.59 Å². The Morgan fingerprint density at radius 2 is 1.94 bits per heavy atom. The Kier molecular flexibility index (Phi) is 7.18. The van der Waals surface area contributed by atoms with Gasteiger partial charge in [-0.1, -0.05) is 12.1 Å². The summed E-state index contributed by atoms with van der Waals surface area (Å²) in [5, 5.41) is 9.97. The second kappa shape index (κ2) is 10.4. The second-order valence-electron chi connectivity index (χ2n) is 8.79. The molecule has 2 heterocycles. The third kappa shape index (κ3) is 5.58. The molecule has 2 amide bonds. The summed E-state index contributed by atoms with van der Waals surface area (Å²) >= 11 is 0. The molecule has 1 aromatic heterocycles. The normalized spacial score (nSPS) is 14.9. The highest BCUT2D eigenvalue weighted by Gasteiger charge is 2.26. The molecule has 4 rings (SSSR count). The van der Waals surface area contributed by atoms with Crippen molar-refractivity contribution in [1.29, 1.82) is 0 Å². The fourth-order valence-electron chi connectivity index (χ4n) is 4.13. The summed E-state index contributed by atoms with van der Waals surface area (Å²) in [6.45, 7) is 4.29. The van der Waals surface area contributed by atoms with Crippen molar-refractivity contribution in [2.45, 2.75) is 19.3 Å². The van der Waals surface area contributed by atoms with E-state index in [4.69, 9.17) is 0 Å². The van der Waals surface area contributed by atoms with Crippen LogP contribution in [0.15, 0.2) is 54.9 Å². The molecule has 3 aromatic rings. The van der Waals surface area contributed by atoms with Crippen LogP contribution in [0.1, 0.15) is 29.2 Å². The van der Waals surface area contributed by atoms with Gasteiger partial charge in [0.05, 0.1) is 11.2 Å². The average Bonchev–Trinajstić information content (AvgIpc) is 3.22. The van der Waals surface area contributed by atoms with E-state index in [2.05, 4.69) is 55.9 Å². The van der Waals surface area contributed by atoms with Crippen LogP contribution in [0.25, 0.3) is 10.9 Å². The van der Waals surface area contributed by atoms with Gasteiger partial charge in [0.25, 0.3) is 0 Å². The Hall–Kier alpha value is -3.78. The number of benzene rings is 2.